The molecule has 0 aliphatic heterocycles. The Morgan fingerprint density at radius 1 is 1.33 bits per heavy atom. The van der Waals surface area contributed by atoms with Crippen molar-refractivity contribution in [1.29, 1.82) is 0 Å². The van der Waals surface area contributed by atoms with E-state index < -0.39 is 12.2 Å². The first kappa shape index (κ1) is 11.6. The summed E-state index contributed by atoms with van der Waals surface area (Å²) in [7, 11) is 1.33. The standard InChI is InChI=1S/C9H11F3N2O/c1-15-7-4-5(2-3-6(7)13)8(14)9(10,11)12/h2-4,8H,13-14H2,1H3/t8-/m1/s1. The number of methoxy groups -OCH3 is 1. The second kappa shape index (κ2) is 3.98. The minimum atomic E-state index is -4.47. The SMILES string of the molecule is COc1cc([C@@H](N)C(F)(F)F)ccc1N. The largest absolute Gasteiger partial charge is 0.495 e. The molecule has 0 aliphatic rings. The molecule has 3 nitrogen and oxygen atoms in total. The van der Waals surface area contributed by atoms with Crippen LogP contribution in [0, 0.1) is 0 Å². The summed E-state index contributed by atoms with van der Waals surface area (Å²) in [5.74, 6) is 0.187. The second-order valence-electron chi connectivity index (χ2n) is 3.02. The fraction of sp³-hybridized carbons (Fsp3) is 0.333. The zero-order valence-corrected chi connectivity index (χ0v) is 8.01. The van der Waals surface area contributed by atoms with Gasteiger partial charge in [-0.1, -0.05) is 6.07 Å². The van der Waals surface area contributed by atoms with Gasteiger partial charge in [0.1, 0.15) is 11.8 Å². The van der Waals surface area contributed by atoms with Gasteiger partial charge in [-0.2, -0.15) is 13.2 Å². The quantitative estimate of drug-likeness (QED) is 0.747. The molecule has 0 saturated heterocycles. The van der Waals surface area contributed by atoms with E-state index in [1.165, 1.54) is 25.3 Å². The van der Waals surface area contributed by atoms with E-state index in [0.717, 1.165) is 0 Å². The molecule has 1 aromatic rings. The molecule has 0 unspecified atom stereocenters. The van der Waals surface area contributed by atoms with Crippen LogP contribution < -0.4 is 16.2 Å². The maximum atomic E-state index is 12.3. The smallest absolute Gasteiger partial charge is 0.407 e. The van der Waals surface area contributed by atoms with Gasteiger partial charge >= 0.3 is 6.18 Å². The molecular formula is C9H11F3N2O. The number of nitrogen functional groups attached to an aromatic ring is 1. The maximum Gasteiger partial charge on any atom is 0.407 e. The van der Waals surface area contributed by atoms with Crippen LogP contribution in [0.25, 0.3) is 0 Å². The predicted molar refractivity (Wildman–Crippen MR) is 50.4 cm³/mol. The van der Waals surface area contributed by atoms with Crippen LogP contribution in [0.4, 0.5) is 18.9 Å². The van der Waals surface area contributed by atoms with Crippen LogP contribution in [-0.4, -0.2) is 13.3 Å². The summed E-state index contributed by atoms with van der Waals surface area (Å²) in [6, 6.07) is 1.73. The molecule has 6 heteroatoms. The average molecular weight is 220 g/mol. The summed E-state index contributed by atoms with van der Waals surface area (Å²) in [6.07, 6.45) is -4.47. The highest BCUT2D eigenvalue weighted by atomic mass is 19.4. The monoisotopic (exact) mass is 220 g/mol. The van der Waals surface area contributed by atoms with Crippen molar-refractivity contribution in [2.75, 3.05) is 12.8 Å². The molecule has 0 aromatic heterocycles. The van der Waals surface area contributed by atoms with Crippen molar-refractivity contribution in [1.82, 2.24) is 0 Å². The normalized spacial score (nSPS) is 13.7. The summed E-state index contributed by atoms with van der Waals surface area (Å²) in [4.78, 5) is 0. The highest BCUT2D eigenvalue weighted by Crippen LogP contribution is 2.33. The van der Waals surface area contributed by atoms with Crippen molar-refractivity contribution < 1.29 is 17.9 Å². The first-order valence-electron chi connectivity index (χ1n) is 4.12. The van der Waals surface area contributed by atoms with E-state index in [1.54, 1.807) is 0 Å². The summed E-state index contributed by atoms with van der Waals surface area (Å²) in [6.45, 7) is 0. The maximum absolute atomic E-state index is 12.3. The number of benzene rings is 1. The van der Waals surface area contributed by atoms with Gasteiger partial charge in [0.25, 0.3) is 0 Å². The van der Waals surface area contributed by atoms with Gasteiger partial charge in [-0.25, -0.2) is 0 Å². The van der Waals surface area contributed by atoms with Gasteiger partial charge in [-0.15, -0.1) is 0 Å². The molecule has 0 radical (unpaired) electrons. The third-order valence-electron chi connectivity index (χ3n) is 1.97. The number of hydrogen-bond donors (Lipinski definition) is 2. The highest BCUT2D eigenvalue weighted by Gasteiger charge is 2.38. The number of anilines is 1. The second-order valence-corrected chi connectivity index (χ2v) is 3.02. The van der Waals surface area contributed by atoms with Crippen LogP contribution in [0.3, 0.4) is 0 Å². The van der Waals surface area contributed by atoms with Crippen LogP contribution >= 0.6 is 0 Å². The number of hydrogen-bond acceptors (Lipinski definition) is 3. The lowest BCUT2D eigenvalue weighted by molar-refractivity contribution is -0.149. The summed E-state index contributed by atoms with van der Waals surface area (Å²) < 4.78 is 41.6. The topological polar surface area (TPSA) is 61.3 Å². The van der Waals surface area contributed by atoms with E-state index >= 15 is 0 Å². The Morgan fingerprint density at radius 3 is 2.40 bits per heavy atom. The molecule has 0 bridgehead atoms. The molecule has 0 saturated carbocycles. The van der Waals surface area contributed by atoms with Crippen molar-refractivity contribution in [3.8, 4) is 5.75 Å². The van der Waals surface area contributed by atoms with Crippen molar-refractivity contribution in [3.05, 3.63) is 23.8 Å². The van der Waals surface area contributed by atoms with E-state index in [9.17, 15) is 13.2 Å². The van der Waals surface area contributed by atoms with Crippen LogP contribution in [-0.2, 0) is 0 Å². The molecule has 15 heavy (non-hydrogen) atoms. The molecule has 4 N–H and O–H groups in total. The van der Waals surface area contributed by atoms with Gasteiger partial charge in [0.15, 0.2) is 0 Å². The Kier molecular flexibility index (Phi) is 3.09. The number of nitrogens with two attached hydrogens (primary N) is 2. The zero-order valence-electron chi connectivity index (χ0n) is 8.01. The molecule has 0 aliphatic carbocycles. The molecular weight excluding hydrogens is 209 g/mol. The summed E-state index contributed by atoms with van der Waals surface area (Å²) in [5.41, 5.74) is 10.7. The number of ether oxygens (including phenoxy) is 1. The lowest BCUT2D eigenvalue weighted by atomic mass is 10.1. The number of alkyl halides is 3. The van der Waals surface area contributed by atoms with Crippen LogP contribution in [0.5, 0.6) is 5.75 Å². The van der Waals surface area contributed by atoms with Gasteiger partial charge in [-0.3, -0.25) is 0 Å². The summed E-state index contributed by atoms with van der Waals surface area (Å²) in [5, 5.41) is 0. The fourth-order valence-corrected chi connectivity index (χ4v) is 1.11. The van der Waals surface area contributed by atoms with Crippen molar-refractivity contribution in [2.45, 2.75) is 12.2 Å². The first-order chi connectivity index (χ1) is 6.86. The fourth-order valence-electron chi connectivity index (χ4n) is 1.11. The minimum absolute atomic E-state index is 0.0754. The first-order valence-corrected chi connectivity index (χ1v) is 4.12. The Labute approximate surface area is 84.8 Å². The number of halogens is 3. The Hall–Kier alpha value is -1.43. The predicted octanol–water partition coefficient (Wildman–Crippen LogP) is 1.84. The van der Waals surface area contributed by atoms with E-state index in [0.29, 0.717) is 0 Å². The molecule has 0 heterocycles. The van der Waals surface area contributed by atoms with Crippen LogP contribution in [0.15, 0.2) is 18.2 Å². The van der Waals surface area contributed by atoms with E-state index in [2.05, 4.69) is 0 Å². The molecule has 1 aromatic carbocycles. The molecule has 0 amide bonds. The van der Waals surface area contributed by atoms with Crippen molar-refractivity contribution >= 4 is 5.69 Å². The van der Waals surface area contributed by atoms with Gasteiger partial charge < -0.3 is 16.2 Å². The lowest BCUT2D eigenvalue weighted by Gasteiger charge is -2.17. The van der Waals surface area contributed by atoms with Crippen LogP contribution in [0.2, 0.25) is 0 Å². The highest BCUT2D eigenvalue weighted by molar-refractivity contribution is 5.54. The van der Waals surface area contributed by atoms with E-state index in [-0.39, 0.29) is 17.0 Å². The molecule has 1 rings (SSSR count). The molecule has 1 atom stereocenters. The molecule has 84 valence electrons. The summed E-state index contributed by atoms with van der Waals surface area (Å²) >= 11 is 0. The van der Waals surface area contributed by atoms with Gasteiger partial charge in [0.2, 0.25) is 0 Å². The van der Waals surface area contributed by atoms with E-state index in [4.69, 9.17) is 16.2 Å². The Bertz CT molecular complexity index is 352. The van der Waals surface area contributed by atoms with E-state index in [1.807, 2.05) is 0 Å². The minimum Gasteiger partial charge on any atom is -0.495 e. The Morgan fingerprint density at radius 2 is 1.93 bits per heavy atom. The third-order valence-corrected chi connectivity index (χ3v) is 1.97. The molecule has 0 fully saturated rings. The zero-order chi connectivity index (χ0) is 11.6. The van der Waals surface area contributed by atoms with Gasteiger partial charge in [-0.05, 0) is 17.7 Å². The lowest BCUT2D eigenvalue weighted by Crippen LogP contribution is -2.28. The average Bonchev–Trinajstić information content (AvgIpc) is 2.16. The number of rotatable bonds is 2. The Balaban J connectivity index is 3.06. The third kappa shape index (κ3) is 2.53. The van der Waals surface area contributed by atoms with Gasteiger partial charge in [0.05, 0.1) is 12.8 Å². The van der Waals surface area contributed by atoms with Crippen molar-refractivity contribution in [2.24, 2.45) is 5.73 Å². The van der Waals surface area contributed by atoms with Crippen molar-refractivity contribution in [3.63, 3.8) is 0 Å². The van der Waals surface area contributed by atoms with Gasteiger partial charge in [0, 0.05) is 0 Å². The molecule has 0 spiro atoms. The van der Waals surface area contributed by atoms with Crippen LogP contribution in [0.1, 0.15) is 11.6 Å².